The molecule has 1 saturated carbocycles. The SMILES string of the molecule is COC[C@H]1C[C@@]1(CN)c1ccc(C)cc1. The van der Waals surface area contributed by atoms with Crippen LogP contribution in [0.1, 0.15) is 17.5 Å². The summed E-state index contributed by atoms with van der Waals surface area (Å²) >= 11 is 0. The average Bonchev–Trinajstić information content (AvgIpc) is 2.95. The van der Waals surface area contributed by atoms with Gasteiger partial charge in [-0.1, -0.05) is 29.8 Å². The van der Waals surface area contributed by atoms with Crippen LogP contribution in [-0.2, 0) is 10.2 Å². The van der Waals surface area contributed by atoms with Crippen molar-refractivity contribution in [1.82, 2.24) is 0 Å². The molecule has 2 N–H and O–H groups in total. The molecule has 1 aliphatic rings. The Morgan fingerprint density at radius 3 is 2.60 bits per heavy atom. The van der Waals surface area contributed by atoms with Gasteiger partial charge in [0.15, 0.2) is 0 Å². The maximum absolute atomic E-state index is 5.90. The standard InChI is InChI=1S/C13H19NO/c1-10-3-5-11(6-4-10)13(9-14)7-12(13)8-15-2/h3-6,12H,7-9,14H2,1-2H3/t12-,13-/m1/s1. The first-order valence-electron chi connectivity index (χ1n) is 5.49. The average molecular weight is 205 g/mol. The van der Waals surface area contributed by atoms with Gasteiger partial charge in [-0.15, -0.1) is 0 Å². The molecule has 0 amide bonds. The third kappa shape index (κ3) is 1.80. The molecule has 82 valence electrons. The second-order valence-electron chi connectivity index (χ2n) is 4.58. The summed E-state index contributed by atoms with van der Waals surface area (Å²) in [7, 11) is 1.76. The van der Waals surface area contributed by atoms with E-state index in [1.807, 2.05) is 0 Å². The number of hydrogen-bond acceptors (Lipinski definition) is 2. The third-order valence-electron chi connectivity index (χ3n) is 3.59. The minimum absolute atomic E-state index is 0.198. The zero-order valence-corrected chi connectivity index (χ0v) is 9.49. The Kier molecular flexibility index (Phi) is 2.81. The maximum Gasteiger partial charge on any atom is 0.0499 e. The predicted molar refractivity (Wildman–Crippen MR) is 61.9 cm³/mol. The Labute approximate surface area is 91.4 Å². The molecule has 1 aliphatic carbocycles. The number of nitrogens with two attached hydrogens (primary N) is 1. The molecule has 2 rings (SSSR count). The lowest BCUT2D eigenvalue weighted by molar-refractivity contribution is 0.178. The Hall–Kier alpha value is -0.860. The second kappa shape index (κ2) is 3.95. The normalized spacial score (nSPS) is 29.1. The highest BCUT2D eigenvalue weighted by Gasteiger charge is 2.53. The molecule has 1 fully saturated rings. The van der Waals surface area contributed by atoms with E-state index in [1.54, 1.807) is 7.11 Å². The molecule has 0 aromatic heterocycles. The number of ether oxygens (including phenoxy) is 1. The van der Waals surface area contributed by atoms with Crippen molar-refractivity contribution in [1.29, 1.82) is 0 Å². The van der Waals surface area contributed by atoms with Crippen LogP contribution in [0, 0.1) is 12.8 Å². The highest BCUT2D eigenvalue weighted by atomic mass is 16.5. The van der Waals surface area contributed by atoms with E-state index < -0.39 is 0 Å². The van der Waals surface area contributed by atoms with Crippen molar-refractivity contribution < 1.29 is 4.74 Å². The Bertz CT molecular complexity index is 333. The van der Waals surface area contributed by atoms with Crippen molar-refractivity contribution in [3.8, 4) is 0 Å². The van der Waals surface area contributed by atoms with Crippen molar-refractivity contribution in [2.75, 3.05) is 20.3 Å². The molecule has 0 saturated heterocycles. The molecule has 15 heavy (non-hydrogen) atoms. The summed E-state index contributed by atoms with van der Waals surface area (Å²) < 4.78 is 5.21. The minimum atomic E-state index is 0.198. The van der Waals surface area contributed by atoms with Gasteiger partial charge in [0, 0.05) is 25.7 Å². The monoisotopic (exact) mass is 205 g/mol. The van der Waals surface area contributed by atoms with Gasteiger partial charge in [-0.3, -0.25) is 0 Å². The smallest absolute Gasteiger partial charge is 0.0499 e. The maximum atomic E-state index is 5.90. The van der Waals surface area contributed by atoms with Gasteiger partial charge >= 0.3 is 0 Å². The minimum Gasteiger partial charge on any atom is -0.384 e. The fourth-order valence-corrected chi connectivity index (χ4v) is 2.41. The van der Waals surface area contributed by atoms with Gasteiger partial charge < -0.3 is 10.5 Å². The molecule has 0 heterocycles. The molecular formula is C13H19NO. The van der Waals surface area contributed by atoms with Gasteiger partial charge in [0.2, 0.25) is 0 Å². The van der Waals surface area contributed by atoms with Crippen molar-refractivity contribution in [2.24, 2.45) is 11.7 Å². The molecule has 2 heteroatoms. The Morgan fingerprint density at radius 1 is 1.40 bits per heavy atom. The van der Waals surface area contributed by atoms with E-state index in [9.17, 15) is 0 Å². The van der Waals surface area contributed by atoms with Crippen LogP contribution in [-0.4, -0.2) is 20.3 Å². The van der Waals surface area contributed by atoms with Crippen LogP contribution in [0.3, 0.4) is 0 Å². The van der Waals surface area contributed by atoms with Crippen molar-refractivity contribution in [2.45, 2.75) is 18.8 Å². The zero-order chi connectivity index (χ0) is 10.9. The number of aryl methyl sites for hydroxylation is 1. The largest absolute Gasteiger partial charge is 0.384 e. The summed E-state index contributed by atoms with van der Waals surface area (Å²) in [4.78, 5) is 0. The Balaban J connectivity index is 2.18. The molecule has 0 spiro atoms. The van der Waals surface area contributed by atoms with Gasteiger partial charge in [0.05, 0.1) is 0 Å². The number of benzene rings is 1. The summed E-state index contributed by atoms with van der Waals surface area (Å²) in [5.41, 5.74) is 8.78. The lowest BCUT2D eigenvalue weighted by Crippen LogP contribution is -2.23. The molecule has 1 aromatic rings. The molecule has 2 nitrogen and oxygen atoms in total. The third-order valence-corrected chi connectivity index (χ3v) is 3.59. The van der Waals surface area contributed by atoms with Crippen molar-refractivity contribution >= 4 is 0 Å². The van der Waals surface area contributed by atoms with Gasteiger partial charge in [0.25, 0.3) is 0 Å². The van der Waals surface area contributed by atoms with E-state index in [-0.39, 0.29) is 5.41 Å². The predicted octanol–water partition coefficient (Wildman–Crippen LogP) is 1.86. The van der Waals surface area contributed by atoms with Gasteiger partial charge in [-0.2, -0.15) is 0 Å². The first kappa shape index (κ1) is 10.7. The number of rotatable bonds is 4. The van der Waals surface area contributed by atoms with Gasteiger partial charge in [0.1, 0.15) is 0 Å². The van der Waals surface area contributed by atoms with Gasteiger partial charge in [-0.05, 0) is 24.8 Å². The zero-order valence-electron chi connectivity index (χ0n) is 9.49. The van der Waals surface area contributed by atoms with E-state index in [0.717, 1.165) is 13.2 Å². The first-order chi connectivity index (χ1) is 7.23. The highest BCUT2D eigenvalue weighted by Crippen LogP contribution is 2.53. The van der Waals surface area contributed by atoms with Crippen LogP contribution in [0.5, 0.6) is 0 Å². The van der Waals surface area contributed by atoms with Crippen LogP contribution in [0.2, 0.25) is 0 Å². The number of methoxy groups -OCH3 is 1. The first-order valence-corrected chi connectivity index (χ1v) is 5.49. The summed E-state index contributed by atoms with van der Waals surface area (Å²) in [6, 6.07) is 8.74. The van der Waals surface area contributed by atoms with Crippen LogP contribution in [0.25, 0.3) is 0 Å². The van der Waals surface area contributed by atoms with Gasteiger partial charge in [-0.25, -0.2) is 0 Å². The number of hydrogen-bond donors (Lipinski definition) is 1. The van der Waals surface area contributed by atoms with E-state index in [2.05, 4.69) is 31.2 Å². The fraction of sp³-hybridized carbons (Fsp3) is 0.538. The molecule has 2 atom stereocenters. The highest BCUT2D eigenvalue weighted by molar-refractivity contribution is 5.36. The molecule has 0 radical (unpaired) electrons. The summed E-state index contributed by atoms with van der Waals surface area (Å²) in [6.07, 6.45) is 1.17. The van der Waals surface area contributed by atoms with Crippen molar-refractivity contribution in [3.63, 3.8) is 0 Å². The van der Waals surface area contributed by atoms with E-state index in [0.29, 0.717) is 5.92 Å². The second-order valence-corrected chi connectivity index (χ2v) is 4.58. The van der Waals surface area contributed by atoms with Crippen molar-refractivity contribution in [3.05, 3.63) is 35.4 Å². The summed E-state index contributed by atoms with van der Waals surface area (Å²) in [6.45, 7) is 3.66. The van der Waals surface area contributed by atoms with Crippen LogP contribution in [0.15, 0.2) is 24.3 Å². The van der Waals surface area contributed by atoms with E-state index in [1.165, 1.54) is 17.5 Å². The quantitative estimate of drug-likeness (QED) is 0.814. The van der Waals surface area contributed by atoms with Crippen LogP contribution >= 0.6 is 0 Å². The van der Waals surface area contributed by atoms with Crippen LogP contribution in [0.4, 0.5) is 0 Å². The van der Waals surface area contributed by atoms with Crippen LogP contribution < -0.4 is 5.73 Å². The molecular weight excluding hydrogens is 186 g/mol. The summed E-state index contributed by atoms with van der Waals surface area (Å²) in [5.74, 6) is 0.607. The molecule has 0 unspecified atom stereocenters. The topological polar surface area (TPSA) is 35.2 Å². The lowest BCUT2D eigenvalue weighted by atomic mass is 9.93. The Morgan fingerprint density at radius 2 is 2.07 bits per heavy atom. The lowest BCUT2D eigenvalue weighted by Gasteiger charge is -2.15. The molecule has 0 aliphatic heterocycles. The van der Waals surface area contributed by atoms with E-state index in [4.69, 9.17) is 10.5 Å². The van der Waals surface area contributed by atoms with E-state index >= 15 is 0 Å². The molecule has 1 aromatic carbocycles. The molecule has 0 bridgehead atoms. The summed E-state index contributed by atoms with van der Waals surface area (Å²) in [5, 5.41) is 0. The fourth-order valence-electron chi connectivity index (χ4n) is 2.41.